The summed E-state index contributed by atoms with van der Waals surface area (Å²) in [5, 5.41) is 15.2. The molecule has 0 spiro atoms. The van der Waals surface area contributed by atoms with Crippen LogP contribution in [0.2, 0.25) is 0 Å². The number of aromatic nitrogens is 3. The maximum absolute atomic E-state index is 10.5. The summed E-state index contributed by atoms with van der Waals surface area (Å²) in [6.07, 6.45) is 0.0358. The summed E-state index contributed by atoms with van der Waals surface area (Å²) in [6.45, 7) is 5.67. The lowest BCUT2D eigenvalue weighted by Gasteiger charge is -2.26. The molecule has 4 rings (SSSR count). The molecule has 0 aliphatic carbocycles. The van der Waals surface area contributed by atoms with Crippen LogP contribution in [-0.4, -0.2) is 31.3 Å². The first-order chi connectivity index (χ1) is 12.2. The lowest BCUT2D eigenvalue weighted by atomic mass is 10.1. The molecule has 1 aromatic carbocycles. The highest BCUT2D eigenvalue weighted by Gasteiger charge is 2.22. The van der Waals surface area contributed by atoms with E-state index in [4.69, 9.17) is 0 Å². The van der Waals surface area contributed by atoms with E-state index >= 15 is 0 Å². The van der Waals surface area contributed by atoms with Gasteiger partial charge in [-0.05, 0) is 18.6 Å². The molecule has 0 fully saturated rings. The predicted octanol–water partition coefficient (Wildman–Crippen LogP) is 2.94. The molecule has 0 radical (unpaired) electrons. The van der Waals surface area contributed by atoms with E-state index in [-0.39, 0.29) is 0 Å². The van der Waals surface area contributed by atoms with Crippen LogP contribution in [0.3, 0.4) is 0 Å². The number of aliphatic hydroxyl groups is 1. The van der Waals surface area contributed by atoms with E-state index < -0.39 is 6.10 Å². The molecule has 3 heterocycles. The van der Waals surface area contributed by atoms with Gasteiger partial charge in [0.1, 0.15) is 6.10 Å². The van der Waals surface area contributed by atoms with Crippen molar-refractivity contribution < 1.29 is 5.11 Å². The van der Waals surface area contributed by atoms with Crippen molar-refractivity contribution in [2.24, 2.45) is 0 Å². The molecule has 3 aromatic rings. The molecule has 5 nitrogen and oxygen atoms in total. The van der Waals surface area contributed by atoms with Crippen LogP contribution in [0.15, 0.2) is 41.9 Å². The topological polar surface area (TPSA) is 54.2 Å². The summed E-state index contributed by atoms with van der Waals surface area (Å²) in [5.41, 5.74) is 6.15. The van der Waals surface area contributed by atoms with Gasteiger partial charge >= 0.3 is 0 Å². The number of aryl methyl sites for hydroxylation is 1. The quantitative estimate of drug-likeness (QED) is 0.765. The van der Waals surface area contributed by atoms with Gasteiger partial charge in [-0.1, -0.05) is 30.3 Å². The predicted molar refractivity (Wildman–Crippen MR) is 98.3 cm³/mol. The zero-order valence-corrected chi connectivity index (χ0v) is 15.1. The molecule has 6 heteroatoms. The van der Waals surface area contributed by atoms with Gasteiger partial charge < -0.3 is 5.11 Å². The van der Waals surface area contributed by atoms with Gasteiger partial charge in [-0.2, -0.15) is 5.10 Å². The second-order valence-electron chi connectivity index (χ2n) is 6.56. The molecule has 1 aliphatic rings. The average Bonchev–Trinajstić information content (AvgIpc) is 3.22. The third-order valence-corrected chi connectivity index (χ3v) is 5.53. The minimum atomic E-state index is -0.560. The molecule has 1 N–H and O–H groups in total. The highest BCUT2D eigenvalue weighted by Crippen LogP contribution is 2.23. The van der Waals surface area contributed by atoms with Crippen LogP contribution in [-0.2, 0) is 26.1 Å². The smallest absolute Gasteiger partial charge is 0.102 e. The van der Waals surface area contributed by atoms with Crippen LogP contribution in [0.4, 0.5) is 0 Å². The van der Waals surface area contributed by atoms with E-state index in [1.807, 2.05) is 46.6 Å². The van der Waals surface area contributed by atoms with Crippen molar-refractivity contribution in [1.82, 2.24) is 19.7 Å². The normalized spacial score (nSPS) is 15.9. The molecular formula is C19H22N4OS. The Labute approximate surface area is 151 Å². The summed E-state index contributed by atoms with van der Waals surface area (Å²) in [7, 11) is 0. The van der Waals surface area contributed by atoms with Crippen molar-refractivity contribution in [1.29, 1.82) is 0 Å². The zero-order chi connectivity index (χ0) is 17.2. The highest BCUT2D eigenvalue weighted by molar-refractivity contribution is 7.09. The average molecular weight is 354 g/mol. The first kappa shape index (κ1) is 16.4. The number of rotatable bonds is 5. The molecule has 1 aliphatic heterocycles. The van der Waals surface area contributed by atoms with E-state index in [9.17, 15) is 5.11 Å². The van der Waals surface area contributed by atoms with E-state index in [1.54, 1.807) is 11.3 Å². The van der Waals surface area contributed by atoms with E-state index in [2.05, 4.69) is 21.9 Å². The van der Waals surface area contributed by atoms with Crippen LogP contribution < -0.4 is 0 Å². The second-order valence-corrected chi connectivity index (χ2v) is 7.61. The first-order valence-electron chi connectivity index (χ1n) is 8.59. The van der Waals surface area contributed by atoms with Gasteiger partial charge in [0.15, 0.2) is 0 Å². The summed E-state index contributed by atoms with van der Waals surface area (Å²) < 4.78 is 2.04. The first-order valence-corrected chi connectivity index (χ1v) is 9.47. The summed E-state index contributed by atoms with van der Waals surface area (Å²) in [6, 6.07) is 12.1. The Kier molecular flexibility index (Phi) is 4.65. The fraction of sp³-hybridized carbons (Fsp3) is 0.368. The van der Waals surface area contributed by atoms with Crippen LogP contribution in [0.1, 0.15) is 33.6 Å². The molecular weight excluding hydrogens is 332 g/mol. The summed E-state index contributed by atoms with van der Waals surface area (Å²) >= 11 is 1.70. The number of thiazole rings is 1. The van der Waals surface area contributed by atoms with Crippen LogP contribution >= 0.6 is 11.3 Å². The standard InChI is InChI=1S/C19H22N4OS/c1-14-18(20-13-25-14)12-22-7-8-23-16(11-22)10-17(21-23)19(24)9-15-5-3-2-4-6-15/h2-6,10,13,19,24H,7-9,11-12H2,1H3/t19-/m1/s1. The number of aliphatic hydroxyl groups excluding tert-OH is 1. The van der Waals surface area contributed by atoms with Crippen molar-refractivity contribution in [3.63, 3.8) is 0 Å². The Bertz CT molecular complexity index is 842. The van der Waals surface area contributed by atoms with E-state index in [1.165, 1.54) is 16.3 Å². The molecule has 130 valence electrons. The number of benzene rings is 1. The monoisotopic (exact) mass is 354 g/mol. The molecule has 0 amide bonds. The molecule has 0 saturated heterocycles. The number of fused-ring (bicyclic) bond motifs is 1. The lowest BCUT2D eigenvalue weighted by Crippen LogP contribution is -2.33. The van der Waals surface area contributed by atoms with Gasteiger partial charge in [-0.25, -0.2) is 4.98 Å². The lowest BCUT2D eigenvalue weighted by molar-refractivity contribution is 0.171. The van der Waals surface area contributed by atoms with Crippen molar-refractivity contribution in [2.75, 3.05) is 6.54 Å². The fourth-order valence-corrected chi connectivity index (χ4v) is 3.87. The maximum Gasteiger partial charge on any atom is 0.102 e. The molecule has 0 unspecified atom stereocenters. The third-order valence-electron chi connectivity index (χ3n) is 4.73. The van der Waals surface area contributed by atoms with Gasteiger partial charge in [0.25, 0.3) is 0 Å². The SMILES string of the molecule is Cc1scnc1CN1CCn2nc([C@H](O)Cc3ccccc3)cc2C1. The van der Waals surface area contributed by atoms with Gasteiger partial charge in [-0.3, -0.25) is 9.58 Å². The van der Waals surface area contributed by atoms with Gasteiger partial charge in [0.2, 0.25) is 0 Å². The van der Waals surface area contributed by atoms with Gasteiger partial charge in [-0.15, -0.1) is 11.3 Å². The van der Waals surface area contributed by atoms with Crippen molar-refractivity contribution in [3.05, 3.63) is 69.4 Å². The maximum atomic E-state index is 10.5. The Hall–Kier alpha value is -2.02. The fourth-order valence-electron chi connectivity index (χ4n) is 3.27. The minimum absolute atomic E-state index is 0.560. The minimum Gasteiger partial charge on any atom is -0.386 e. The summed E-state index contributed by atoms with van der Waals surface area (Å²) in [4.78, 5) is 8.15. The molecule has 0 bridgehead atoms. The van der Waals surface area contributed by atoms with E-state index in [0.29, 0.717) is 6.42 Å². The zero-order valence-electron chi connectivity index (χ0n) is 14.3. The molecule has 25 heavy (non-hydrogen) atoms. The second kappa shape index (κ2) is 7.07. The Morgan fingerprint density at radius 2 is 2.08 bits per heavy atom. The van der Waals surface area contributed by atoms with Crippen molar-refractivity contribution >= 4 is 11.3 Å². The highest BCUT2D eigenvalue weighted by atomic mass is 32.1. The van der Waals surface area contributed by atoms with Crippen LogP contribution in [0.25, 0.3) is 0 Å². The van der Waals surface area contributed by atoms with Crippen molar-refractivity contribution in [2.45, 2.75) is 39.1 Å². The van der Waals surface area contributed by atoms with Crippen LogP contribution in [0, 0.1) is 6.92 Å². The summed E-state index contributed by atoms with van der Waals surface area (Å²) in [5.74, 6) is 0. The van der Waals surface area contributed by atoms with E-state index in [0.717, 1.165) is 37.4 Å². The number of nitrogens with zero attached hydrogens (tertiary/aromatic N) is 4. The third kappa shape index (κ3) is 3.66. The molecule has 2 aromatic heterocycles. The van der Waals surface area contributed by atoms with Crippen LogP contribution in [0.5, 0.6) is 0 Å². The van der Waals surface area contributed by atoms with Gasteiger partial charge in [0.05, 0.1) is 29.1 Å². The van der Waals surface area contributed by atoms with Gasteiger partial charge in [0, 0.05) is 30.9 Å². The number of hydrogen-bond donors (Lipinski definition) is 1. The number of hydrogen-bond acceptors (Lipinski definition) is 5. The molecule has 0 saturated carbocycles. The Balaban J connectivity index is 1.44. The largest absolute Gasteiger partial charge is 0.386 e. The Morgan fingerprint density at radius 1 is 1.24 bits per heavy atom. The van der Waals surface area contributed by atoms with Crippen molar-refractivity contribution in [3.8, 4) is 0 Å². The molecule has 1 atom stereocenters. The Morgan fingerprint density at radius 3 is 2.84 bits per heavy atom.